The Bertz CT molecular complexity index is 909. The summed E-state index contributed by atoms with van der Waals surface area (Å²) in [6, 6.07) is 10.5. The van der Waals surface area contributed by atoms with Gasteiger partial charge in [-0.15, -0.1) is 0 Å². The highest BCUT2D eigenvalue weighted by Crippen LogP contribution is 2.27. The van der Waals surface area contributed by atoms with E-state index in [-0.39, 0.29) is 11.9 Å². The molecular weight excluding hydrogens is 414 g/mol. The fourth-order valence-corrected chi connectivity index (χ4v) is 4.67. The normalized spacial score (nSPS) is 19.5. The van der Waals surface area contributed by atoms with Crippen molar-refractivity contribution in [3.05, 3.63) is 58.9 Å². The quantitative estimate of drug-likeness (QED) is 0.520. The summed E-state index contributed by atoms with van der Waals surface area (Å²) in [5.41, 5.74) is 4.46. The molecule has 0 saturated carbocycles. The smallest absolute Gasteiger partial charge is 0.272 e. The molecule has 33 heavy (non-hydrogen) atoms. The molecule has 1 aliphatic carbocycles. The number of aromatic nitrogens is 1. The van der Waals surface area contributed by atoms with E-state index in [0.29, 0.717) is 24.2 Å². The standard InChI is InChI=1S/C27H37N3O3/c1-3-4-13-33-25-9-10-26(29-19-25)27(31)30(2)23-16-21-8-7-20(15-22(21)17-23)18-28-12-11-24-6-5-14-32-24/h7-10,15,19,23-24,28H,3-6,11-14,16-18H2,1-2H3. The molecular formula is C27H37N3O3. The first-order valence-corrected chi connectivity index (χ1v) is 12.4. The Morgan fingerprint density at radius 2 is 2.12 bits per heavy atom. The number of nitrogens with one attached hydrogen (secondary N) is 1. The van der Waals surface area contributed by atoms with E-state index in [1.807, 2.05) is 18.0 Å². The Labute approximate surface area is 197 Å². The number of benzene rings is 1. The molecule has 1 aromatic heterocycles. The molecule has 6 heteroatoms. The first-order chi connectivity index (χ1) is 16.1. The van der Waals surface area contributed by atoms with Gasteiger partial charge in [-0.3, -0.25) is 4.79 Å². The van der Waals surface area contributed by atoms with Gasteiger partial charge in [0.2, 0.25) is 0 Å². The summed E-state index contributed by atoms with van der Waals surface area (Å²) in [5.74, 6) is 0.678. The molecule has 1 aromatic carbocycles. The van der Waals surface area contributed by atoms with Crippen molar-refractivity contribution in [1.29, 1.82) is 0 Å². The van der Waals surface area contributed by atoms with Gasteiger partial charge < -0.3 is 19.7 Å². The lowest BCUT2D eigenvalue weighted by Gasteiger charge is -2.24. The van der Waals surface area contributed by atoms with Crippen LogP contribution in [0.4, 0.5) is 0 Å². The van der Waals surface area contributed by atoms with Crippen LogP contribution in [-0.2, 0) is 24.1 Å². The number of nitrogens with zero attached hydrogens (tertiary/aromatic N) is 2. The predicted octanol–water partition coefficient (Wildman–Crippen LogP) is 4.16. The van der Waals surface area contributed by atoms with E-state index in [0.717, 1.165) is 51.8 Å². The first-order valence-electron chi connectivity index (χ1n) is 12.4. The van der Waals surface area contributed by atoms with Gasteiger partial charge in [-0.2, -0.15) is 0 Å². The van der Waals surface area contributed by atoms with Crippen molar-refractivity contribution in [2.75, 3.05) is 26.8 Å². The zero-order valence-electron chi connectivity index (χ0n) is 20.0. The zero-order chi connectivity index (χ0) is 23.0. The molecule has 4 rings (SSSR count). The van der Waals surface area contributed by atoms with Crippen LogP contribution in [0.2, 0.25) is 0 Å². The van der Waals surface area contributed by atoms with Crippen LogP contribution < -0.4 is 10.1 Å². The van der Waals surface area contributed by atoms with Crippen molar-refractivity contribution >= 4 is 5.91 Å². The number of ether oxygens (including phenoxy) is 2. The lowest BCUT2D eigenvalue weighted by atomic mass is 10.1. The number of hydrogen-bond donors (Lipinski definition) is 1. The maximum absolute atomic E-state index is 13.0. The summed E-state index contributed by atoms with van der Waals surface area (Å²) in [5, 5.41) is 3.55. The Balaban J connectivity index is 1.27. The summed E-state index contributed by atoms with van der Waals surface area (Å²) < 4.78 is 11.4. The molecule has 2 aliphatic rings. The third-order valence-electron chi connectivity index (χ3n) is 6.77. The van der Waals surface area contributed by atoms with Gasteiger partial charge in [-0.1, -0.05) is 31.5 Å². The van der Waals surface area contributed by atoms with Gasteiger partial charge in [0.15, 0.2) is 0 Å². The van der Waals surface area contributed by atoms with Crippen molar-refractivity contribution in [2.45, 2.75) is 70.6 Å². The lowest BCUT2D eigenvalue weighted by Crippen LogP contribution is -2.38. The Morgan fingerprint density at radius 1 is 1.24 bits per heavy atom. The number of pyridine rings is 1. The molecule has 1 amide bonds. The summed E-state index contributed by atoms with van der Waals surface area (Å²) in [6.45, 7) is 5.58. The van der Waals surface area contributed by atoms with E-state index in [1.54, 1.807) is 12.3 Å². The summed E-state index contributed by atoms with van der Waals surface area (Å²) in [6.07, 6.45) is 9.44. The van der Waals surface area contributed by atoms with Gasteiger partial charge in [0.1, 0.15) is 11.4 Å². The van der Waals surface area contributed by atoms with E-state index in [4.69, 9.17) is 9.47 Å². The number of carbonyl (C=O) groups excluding carboxylic acids is 1. The van der Waals surface area contributed by atoms with Gasteiger partial charge in [-0.05, 0) is 73.9 Å². The number of fused-ring (bicyclic) bond motifs is 1. The van der Waals surface area contributed by atoms with E-state index >= 15 is 0 Å². The molecule has 178 valence electrons. The fourth-order valence-electron chi connectivity index (χ4n) is 4.67. The van der Waals surface area contributed by atoms with Crippen LogP contribution in [0.1, 0.15) is 66.2 Å². The van der Waals surface area contributed by atoms with Gasteiger partial charge in [0, 0.05) is 26.2 Å². The Kier molecular flexibility index (Phi) is 8.35. The first kappa shape index (κ1) is 23.7. The van der Waals surface area contributed by atoms with Crippen molar-refractivity contribution in [3.63, 3.8) is 0 Å². The van der Waals surface area contributed by atoms with Crippen LogP contribution in [-0.4, -0.2) is 54.7 Å². The molecule has 0 spiro atoms. The van der Waals surface area contributed by atoms with Gasteiger partial charge in [0.25, 0.3) is 5.91 Å². The second kappa shape index (κ2) is 11.6. The fraction of sp³-hybridized carbons (Fsp3) is 0.556. The molecule has 2 aromatic rings. The second-order valence-electron chi connectivity index (χ2n) is 9.26. The molecule has 0 radical (unpaired) electrons. The van der Waals surface area contributed by atoms with Crippen LogP contribution in [0.5, 0.6) is 5.75 Å². The van der Waals surface area contributed by atoms with Crippen LogP contribution in [0.15, 0.2) is 36.5 Å². The van der Waals surface area contributed by atoms with Crippen molar-refractivity contribution < 1.29 is 14.3 Å². The number of hydrogen-bond acceptors (Lipinski definition) is 5. The summed E-state index contributed by atoms with van der Waals surface area (Å²) in [7, 11) is 1.89. The molecule has 6 nitrogen and oxygen atoms in total. The van der Waals surface area contributed by atoms with Crippen molar-refractivity contribution in [1.82, 2.24) is 15.2 Å². The number of likely N-dealkylation sites (N-methyl/N-ethyl adjacent to an activating group) is 1. The van der Waals surface area contributed by atoms with Crippen LogP contribution in [0.3, 0.4) is 0 Å². The summed E-state index contributed by atoms with van der Waals surface area (Å²) in [4.78, 5) is 19.2. The minimum absolute atomic E-state index is 0.0380. The van der Waals surface area contributed by atoms with Crippen molar-refractivity contribution in [3.8, 4) is 5.75 Å². The molecule has 2 heterocycles. The Morgan fingerprint density at radius 3 is 2.88 bits per heavy atom. The maximum atomic E-state index is 13.0. The second-order valence-corrected chi connectivity index (χ2v) is 9.26. The number of amides is 1. The summed E-state index contributed by atoms with van der Waals surface area (Å²) >= 11 is 0. The molecule has 1 aliphatic heterocycles. The van der Waals surface area contributed by atoms with Crippen molar-refractivity contribution in [2.24, 2.45) is 0 Å². The van der Waals surface area contributed by atoms with Crippen LogP contribution in [0.25, 0.3) is 0 Å². The SMILES string of the molecule is CCCCOc1ccc(C(=O)N(C)C2Cc3ccc(CNCCC4CCCO4)cc3C2)nc1. The lowest BCUT2D eigenvalue weighted by molar-refractivity contribution is 0.0731. The van der Waals surface area contributed by atoms with Crippen LogP contribution >= 0.6 is 0 Å². The minimum atomic E-state index is -0.0380. The number of rotatable bonds is 11. The molecule has 0 bridgehead atoms. The van der Waals surface area contributed by atoms with E-state index in [9.17, 15) is 4.79 Å². The Hall–Kier alpha value is -2.44. The van der Waals surface area contributed by atoms with E-state index < -0.39 is 0 Å². The molecule has 1 N–H and O–H groups in total. The molecule has 2 atom stereocenters. The average molecular weight is 452 g/mol. The predicted molar refractivity (Wildman–Crippen MR) is 130 cm³/mol. The van der Waals surface area contributed by atoms with Gasteiger partial charge >= 0.3 is 0 Å². The third kappa shape index (κ3) is 6.33. The van der Waals surface area contributed by atoms with Gasteiger partial charge in [0.05, 0.1) is 18.9 Å². The van der Waals surface area contributed by atoms with E-state index in [1.165, 1.54) is 29.5 Å². The van der Waals surface area contributed by atoms with E-state index in [2.05, 4.69) is 35.4 Å². The minimum Gasteiger partial charge on any atom is -0.492 e. The monoisotopic (exact) mass is 451 g/mol. The highest BCUT2D eigenvalue weighted by molar-refractivity contribution is 5.92. The highest BCUT2D eigenvalue weighted by atomic mass is 16.5. The highest BCUT2D eigenvalue weighted by Gasteiger charge is 2.28. The molecule has 1 fully saturated rings. The third-order valence-corrected chi connectivity index (χ3v) is 6.77. The van der Waals surface area contributed by atoms with Crippen LogP contribution in [0, 0.1) is 0 Å². The average Bonchev–Trinajstić information content (AvgIpc) is 3.51. The number of unbranched alkanes of at least 4 members (excludes halogenated alkanes) is 1. The molecule has 1 saturated heterocycles. The van der Waals surface area contributed by atoms with Gasteiger partial charge in [-0.25, -0.2) is 4.98 Å². The largest absolute Gasteiger partial charge is 0.492 e. The molecule has 2 unspecified atom stereocenters. The maximum Gasteiger partial charge on any atom is 0.272 e. The zero-order valence-corrected chi connectivity index (χ0v) is 20.0. The number of carbonyl (C=O) groups is 1. The topological polar surface area (TPSA) is 63.7 Å².